The molecule has 0 amide bonds. The average Bonchev–Trinajstić information content (AvgIpc) is 2.39. The molecule has 1 aliphatic heterocycles. The van der Waals surface area contributed by atoms with E-state index in [1.165, 1.54) is 11.1 Å². The molecule has 0 atom stereocenters. The summed E-state index contributed by atoms with van der Waals surface area (Å²) in [5.41, 5.74) is 2.82. The van der Waals surface area contributed by atoms with Crippen LogP contribution in [0.4, 0.5) is 0 Å². The van der Waals surface area contributed by atoms with Gasteiger partial charge in [0, 0.05) is 12.4 Å². The number of allylic oxidation sites excluding steroid dienone is 1. The van der Waals surface area contributed by atoms with Crippen molar-refractivity contribution in [2.24, 2.45) is 4.99 Å². The molecule has 1 heterocycles. The van der Waals surface area contributed by atoms with Crippen molar-refractivity contribution >= 4 is 6.21 Å². The Kier molecular flexibility index (Phi) is 4.47. The Bertz CT molecular complexity index is 236. The van der Waals surface area contributed by atoms with Crippen molar-refractivity contribution in [1.82, 2.24) is 5.32 Å². The molecule has 13 heavy (non-hydrogen) atoms. The predicted octanol–water partition coefficient (Wildman–Crippen LogP) is 2.29. The Morgan fingerprint density at radius 3 is 2.46 bits per heavy atom. The van der Waals surface area contributed by atoms with Gasteiger partial charge in [-0.05, 0) is 50.9 Å². The van der Waals surface area contributed by atoms with Crippen LogP contribution in [0, 0.1) is 0 Å². The topological polar surface area (TPSA) is 24.4 Å². The van der Waals surface area contributed by atoms with Crippen LogP contribution in [0.25, 0.3) is 0 Å². The van der Waals surface area contributed by atoms with Gasteiger partial charge >= 0.3 is 0 Å². The summed E-state index contributed by atoms with van der Waals surface area (Å²) in [5, 5.41) is 3.38. The molecule has 0 aliphatic carbocycles. The van der Waals surface area contributed by atoms with Crippen LogP contribution < -0.4 is 5.32 Å². The molecule has 0 aromatic rings. The van der Waals surface area contributed by atoms with E-state index >= 15 is 0 Å². The second kappa shape index (κ2) is 5.70. The summed E-state index contributed by atoms with van der Waals surface area (Å²) in [4.78, 5) is 4.18. The third-order valence-electron chi connectivity index (χ3n) is 2.28. The molecule has 1 saturated heterocycles. The number of hydrogen-bond acceptors (Lipinski definition) is 2. The van der Waals surface area contributed by atoms with Crippen LogP contribution in [0.5, 0.6) is 0 Å². The molecular formula is C11H18N2. The standard InChI is InChI=1S/C11H18N2/c1-3-10-5-7-13-8-6-11(10)9-12-4-2/h3-4,9,13H,5-8H2,1-2H3/b10-3-,11-9-,12-4?. The van der Waals surface area contributed by atoms with Crippen molar-refractivity contribution in [2.45, 2.75) is 26.7 Å². The molecule has 0 saturated carbocycles. The van der Waals surface area contributed by atoms with Crippen molar-refractivity contribution in [2.75, 3.05) is 13.1 Å². The largest absolute Gasteiger partial charge is 0.316 e. The molecular weight excluding hydrogens is 160 g/mol. The summed E-state index contributed by atoms with van der Waals surface area (Å²) >= 11 is 0. The van der Waals surface area contributed by atoms with E-state index in [9.17, 15) is 0 Å². The minimum Gasteiger partial charge on any atom is -0.316 e. The van der Waals surface area contributed by atoms with Crippen LogP contribution in [0.15, 0.2) is 28.4 Å². The lowest BCUT2D eigenvalue weighted by molar-refractivity contribution is 0.717. The molecule has 2 heteroatoms. The van der Waals surface area contributed by atoms with Gasteiger partial charge in [-0.1, -0.05) is 6.08 Å². The van der Waals surface area contributed by atoms with Crippen molar-refractivity contribution in [3.05, 3.63) is 23.4 Å². The molecule has 0 unspecified atom stereocenters. The van der Waals surface area contributed by atoms with Gasteiger partial charge in [-0.15, -0.1) is 0 Å². The third kappa shape index (κ3) is 3.15. The van der Waals surface area contributed by atoms with E-state index in [1.807, 2.05) is 19.3 Å². The summed E-state index contributed by atoms with van der Waals surface area (Å²) in [6, 6.07) is 0. The molecule has 1 N–H and O–H groups in total. The zero-order valence-electron chi connectivity index (χ0n) is 8.51. The number of nitrogens with zero attached hydrogens (tertiary/aromatic N) is 1. The maximum Gasteiger partial charge on any atom is 0.0298 e. The Labute approximate surface area is 80.4 Å². The van der Waals surface area contributed by atoms with Gasteiger partial charge in [0.25, 0.3) is 0 Å². The number of rotatable bonds is 1. The second-order valence-electron chi connectivity index (χ2n) is 3.13. The van der Waals surface area contributed by atoms with Crippen LogP contribution >= 0.6 is 0 Å². The van der Waals surface area contributed by atoms with Gasteiger partial charge in [-0.25, -0.2) is 0 Å². The van der Waals surface area contributed by atoms with Gasteiger partial charge < -0.3 is 5.32 Å². The van der Waals surface area contributed by atoms with E-state index in [1.54, 1.807) is 0 Å². The number of aliphatic imine (C=N–C) groups is 1. The highest BCUT2D eigenvalue weighted by molar-refractivity contribution is 5.54. The zero-order chi connectivity index (χ0) is 9.52. The molecule has 2 nitrogen and oxygen atoms in total. The maximum atomic E-state index is 4.18. The lowest BCUT2D eigenvalue weighted by Crippen LogP contribution is -2.13. The summed E-state index contributed by atoms with van der Waals surface area (Å²) in [5.74, 6) is 0. The van der Waals surface area contributed by atoms with Crippen LogP contribution in [-0.2, 0) is 0 Å². The maximum absolute atomic E-state index is 4.18. The quantitative estimate of drug-likeness (QED) is 0.612. The molecule has 1 aliphatic rings. The normalized spacial score (nSPS) is 25.7. The Morgan fingerprint density at radius 2 is 1.85 bits per heavy atom. The monoisotopic (exact) mass is 178 g/mol. The van der Waals surface area contributed by atoms with Crippen LogP contribution in [0.2, 0.25) is 0 Å². The van der Waals surface area contributed by atoms with E-state index in [0.717, 1.165) is 25.9 Å². The van der Waals surface area contributed by atoms with E-state index < -0.39 is 0 Å². The lowest BCUT2D eigenvalue weighted by atomic mass is 10.0. The lowest BCUT2D eigenvalue weighted by Gasteiger charge is -2.04. The van der Waals surface area contributed by atoms with Gasteiger partial charge in [-0.2, -0.15) is 0 Å². The fraction of sp³-hybridized carbons (Fsp3) is 0.545. The predicted molar refractivity (Wildman–Crippen MR) is 58.1 cm³/mol. The summed E-state index contributed by atoms with van der Waals surface area (Å²) in [6.07, 6.45) is 8.24. The van der Waals surface area contributed by atoms with Crippen molar-refractivity contribution in [3.63, 3.8) is 0 Å². The molecule has 0 bridgehead atoms. The smallest absolute Gasteiger partial charge is 0.0298 e. The highest BCUT2D eigenvalue weighted by Crippen LogP contribution is 2.19. The minimum absolute atomic E-state index is 1.07. The first-order valence-corrected chi connectivity index (χ1v) is 4.91. The van der Waals surface area contributed by atoms with Crippen molar-refractivity contribution in [3.8, 4) is 0 Å². The first-order chi connectivity index (χ1) is 6.38. The fourth-order valence-electron chi connectivity index (χ4n) is 1.53. The first kappa shape index (κ1) is 10.2. The summed E-state index contributed by atoms with van der Waals surface area (Å²) < 4.78 is 0. The highest BCUT2D eigenvalue weighted by atomic mass is 14.9. The van der Waals surface area contributed by atoms with Crippen molar-refractivity contribution < 1.29 is 0 Å². The third-order valence-corrected chi connectivity index (χ3v) is 2.28. The Hall–Kier alpha value is -0.890. The average molecular weight is 178 g/mol. The molecule has 1 fully saturated rings. The van der Waals surface area contributed by atoms with Gasteiger partial charge in [0.05, 0.1) is 0 Å². The van der Waals surface area contributed by atoms with Gasteiger partial charge in [-0.3, -0.25) is 4.99 Å². The van der Waals surface area contributed by atoms with Crippen LogP contribution in [-0.4, -0.2) is 19.3 Å². The van der Waals surface area contributed by atoms with Gasteiger partial charge in [0.1, 0.15) is 0 Å². The SMILES string of the molecule is CC=N/C=C1/CCNCC/C1=C/C. The van der Waals surface area contributed by atoms with E-state index in [2.05, 4.69) is 23.3 Å². The Balaban J connectivity index is 2.76. The van der Waals surface area contributed by atoms with Crippen LogP contribution in [0.1, 0.15) is 26.7 Å². The molecule has 0 spiro atoms. The van der Waals surface area contributed by atoms with Gasteiger partial charge in [0.2, 0.25) is 0 Å². The Morgan fingerprint density at radius 1 is 1.15 bits per heavy atom. The number of nitrogens with one attached hydrogen (secondary N) is 1. The van der Waals surface area contributed by atoms with Gasteiger partial charge in [0.15, 0.2) is 0 Å². The molecule has 0 aromatic carbocycles. The summed E-state index contributed by atoms with van der Waals surface area (Å²) in [7, 11) is 0. The summed E-state index contributed by atoms with van der Waals surface area (Å²) in [6.45, 7) is 6.21. The number of hydrogen-bond donors (Lipinski definition) is 1. The molecule has 0 aromatic heterocycles. The van der Waals surface area contributed by atoms with Crippen LogP contribution in [0.3, 0.4) is 0 Å². The highest BCUT2D eigenvalue weighted by Gasteiger charge is 2.07. The zero-order valence-corrected chi connectivity index (χ0v) is 8.51. The minimum atomic E-state index is 1.07. The fourth-order valence-corrected chi connectivity index (χ4v) is 1.53. The second-order valence-corrected chi connectivity index (χ2v) is 3.13. The van der Waals surface area contributed by atoms with Crippen molar-refractivity contribution in [1.29, 1.82) is 0 Å². The molecule has 0 radical (unpaired) electrons. The first-order valence-electron chi connectivity index (χ1n) is 4.91. The van der Waals surface area contributed by atoms with E-state index in [0.29, 0.717) is 0 Å². The molecule has 72 valence electrons. The van der Waals surface area contributed by atoms with E-state index in [-0.39, 0.29) is 0 Å². The van der Waals surface area contributed by atoms with E-state index in [4.69, 9.17) is 0 Å². The molecule has 1 rings (SSSR count).